The summed E-state index contributed by atoms with van der Waals surface area (Å²) in [7, 11) is 0. The van der Waals surface area contributed by atoms with Crippen molar-refractivity contribution in [1.82, 2.24) is 5.32 Å². The molecule has 1 unspecified atom stereocenters. The highest BCUT2D eigenvalue weighted by Gasteiger charge is 2.13. The molecule has 0 fully saturated rings. The number of benzene rings is 1. The van der Waals surface area contributed by atoms with Gasteiger partial charge in [0.1, 0.15) is 0 Å². The normalized spacial score (nSPS) is 14.2. The van der Waals surface area contributed by atoms with Gasteiger partial charge in [-0.25, -0.2) is 0 Å². The van der Waals surface area contributed by atoms with Gasteiger partial charge >= 0.3 is 0 Å². The first-order chi connectivity index (χ1) is 7.63. The van der Waals surface area contributed by atoms with Gasteiger partial charge in [-0.2, -0.15) is 0 Å². The van der Waals surface area contributed by atoms with Crippen LogP contribution in [0.15, 0.2) is 30.3 Å². The van der Waals surface area contributed by atoms with Crippen LogP contribution in [0, 0.1) is 5.92 Å². The molecule has 1 amide bonds. The molecule has 88 valence electrons. The summed E-state index contributed by atoms with van der Waals surface area (Å²) in [6.07, 6.45) is 1.78. The van der Waals surface area contributed by atoms with Gasteiger partial charge in [-0.3, -0.25) is 4.79 Å². The molecule has 0 radical (unpaired) electrons. The molecule has 0 spiro atoms. The van der Waals surface area contributed by atoms with Crippen molar-refractivity contribution in [2.75, 3.05) is 0 Å². The first-order valence-corrected chi connectivity index (χ1v) is 5.97. The maximum Gasteiger partial charge on any atom is 0.223 e. The Balaban J connectivity index is 2.42. The lowest BCUT2D eigenvalue weighted by Crippen LogP contribution is -2.37. The molecule has 0 bridgehead atoms. The second kappa shape index (κ2) is 6.31. The van der Waals surface area contributed by atoms with Crippen molar-refractivity contribution in [3.8, 4) is 0 Å². The smallest absolute Gasteiger partial charge is 0.223 e. The van der Waals surface area contributed by atoms with Crippen molar-refractivity contribution in [3.63, 3.8) is 0 Å². The summed E-state index contributed by atoms with van der Waals surface area (Å²) in [6.45, 7) is 6.05. The Labute approximate surface area is 98.1 Å². The SMILES string of the molecule is CCC(C)C(=O)N[C@H](C)Cc1ccccc1. The fourth-order valence-corrected chi connectivity index (χ4v) is 1.59. The Bertz CT molecular complexity index is 321. The molecule has 2 heteroatoms. The molecule has 1 aromatic carbocycles. The average Bonchev–Trinajstić information content (AvgIpc) is 2.29. The fourth-order valence-electron chi connectivity index (χ4n) is 1.59. The van der Waals surface area contributed by atoms with Crippen molar-refractivity contribution < 1.29 is 4.79 Å². The van der Waals surface area contributed by atoms with E-state index in [-0.39, 0.29) is 17.9 Å². The minimum absolute atomic E-state index is 0.109. The lowest BCUT2D eigenvalue weighted by Gasteiger charge is -2.16. The molecule has 0 aliphatic carbocycles. The number of carbonyl (C=O) groups is 1. The minimum atomic E-state index is 0.109. The Morgan fingerprint density at radius 3 is 2.44 bits per heavy atom. The third kappa shape index (κ3) is 4.05. The van der Waals surface area contributed by atoms with E-state index in [2.05, 4.69) is 17.4 Å². The fraction of sp³-hybridized carbons (Fsp3) is 0.500. The van der Waals surface area contributed by atoms with E-state index in [0.717, 1.165) is 12.8 Å². The van der Waals surface area contributed by atoms with Crippen LogP contribution in [-0.4, -0.2) is 11.9 Å². The summed E-state index contributed by atoms with van der Waals surface area (Å²) in [4.78, 5) is 11.7. The highest BCUT2D eigenvalue weighted by atomic mass is 16.1. The largest absolute Gasteiger partial charge is 0.353 e. The molecule has 0 saturated carbocycles. The molecule has 0 aliphatic rings. The standard InChI is InChI=1S/C14H21NO/c1-4-11(2)14(16)15-12(3)10-13-8-6-5-7-9-13/h5-9,11-12H,4,10H2,1-3H3,(H,15,16)/t11?,12-/m1/s1. The van der Waals surface area contributed by atoms with E-state index >= 15 is 0 Å². The summed E-state index contributed by atoms with van der Waals surface area (Å²) in [6, 6.07) is 10.4. The second-order valence-corrected chi connectivity index (χ2v) is 4.41. The quantitative estimate of drug-likeness (QED) is 0.810. The van der Waals surface area contributed by atoms with Crippen LogP contribution in [0.4, 0.5) is 0 Å². The van der Waals surface area contributed by atoms with E-state index in [1.54, 1.807) is 0 Å². The van der Waals surface area contributed by atoms with Crippen molar-refractivity contribution in [2.45, 2.75) is 39.7 Å². The van der Waals surface area contributed by atoms with E-state index in [9.17, 15) is 4.79 Å². The van der Waals surface area contributed by atoms with Crippen LogP contribution in [0.25, 0.3) is 0 Å². The lowest BCUT2D eigenvalue weighted by atomic mass is 10.0. The zero-order chi connectivity index (χ0) is 12.0. The van der Waals surface area contributed by atoms with Gasteiger partial charge in [0.25, 0.3) is 0 Å². The first kappa shape index (κ1) is 12.8. The molecule has 2 atom stereocenters. The first-order valence-electron chi connectivity index (χ1n) is 5.97. The van der Waals surface area contributed by atoms with Crippen LogP contribution in [0.5, 0.6) is 0 Å². The topological polar surface area (TPSA) is 29.1 Å². The van der Waals surface area contributed by atoms with Crippen LogP contribution in [0.1, 0.15) is 32.8 Å². The van der Waals surface area contributed by atoms with Crippen molar-refractivity contribution >= 4 is 5.91 Å². The van der Waals surface area contributed by atoms with Crippen LogP contribution in [-0.2, 0) is 11.2 Å². The molecular formula is C14H21NO. The Hall–Kier alpha value is -1.31. The van der Waals surface area contributed by atoms with Crippen molar-refractivity contribution in [2.24, 2.45) is 5.92 Å². The van der Waals surface area contributed by atoms with E-state index in [0.29, 0.717) is 0 Å². The number of hydrogen-bond donors (Lipinski definition) is 1. The van der Waals surface area contributed by atoms with E-state index in [4.69, 9.17) is 0 Å². The monoisotopic (exact) mass is 219 g/mol. The van der Waals surface area contributed by atoms with Crippen LogP contribution in [0.3, 0.4) is 0 Å². The molecule has 1 aromatic rings. The van der Waals surface area contributed by atoms with Gasteiger partial charge in [0, 0.05) is 12.0 Å². The minimum Gasteiger partial charge on any atom is -0.353 e. The maximum absolute atomic E-state index is 11.7. The van der Waals surface area contributed by atoms with Crippen LogP contribution < -0.4 is 5.32 Å². The van der Waals surface area contributed by atoms with Gasteiger partial charge in [0.15, 0.2) is 0 Å². The predicted molar refractivity (Wildman–Crippen MR) is 67.2 cm³/mol. The summed E-state index contributed by atoms with van der Waals surface area (Å²) < 4.78 is 0. The highest BCUT2D eigenvalue weighted by Crippen LogP contribution is 2.05. The molecule has 0 aromatic heterocycles. The van der Waals surface area contributed by atoms with Gasteiger partial charge in [0.2, 0.25) is 5.91 Å². The molecule has 0 saturated heterocycles. The van der Waals surface area contributed by atoms with Gasteiger partial charge in [-0.15, -0.1) is 0 Å². The molecular weight excluding hydrogens is 198 g/mol. The number of carbonyl (C=O) groups excluding carboxylic acids is 1. The van der Waals surface area contributed by atoms with Crippen molar-refractivity contribution in [1.29, 1.82) is 0 Å². The molecule has 0 heterocycles. The van der Waals surface area contributed by atoms with Crippen molar-refractivity contribution in [3.05, 3.63) is 35.9 Å². The van der Waals surface area contributed by atoms with Crippen LogP contribution in [0.2, 0.25) is 0 Å². The van der Waals surface area contributed by atoms with E-state index in [1.807, 2.05) is 39.0 Å². The van der Waals surface area contributed by atoms with Gasteiger partial charge in [-0.1, -0.05) is 44.2 Å². The number of rotatable bonds is 5. The number of amides is 1. The molecule has 0 aliphatic heterocycles. The molecule has 2 nitrogen and oxygen atoms in total. The average molecular weight is 219 g/mol. The summed E-state index contributed by atoms with van der Waals surface area (Å²) in [5.74, 6) is 0.268. The molecule has 1 rings (SSSR count). The molecule has 16 heavy (non-hydrogen) atoms. The summed E-state index contributed by atoms with van der Waals surface area (Å²) >= 11 is 0. The Morgan fingerprint density at radius 1 is 1.25 bits per heavy atom. The lowest BCUT2D eigenvalue weighted by molar-refractivity contribution is -0.125. The summed E-state index contributed by atoms with van der Waals surface area (Å²) in [5, 5.41) is 3.04. The van der Waals surface area contributed by atoms with E-state index in [1.165, 1.54) is 5.56 Å². The number of nitrogens with one attached hydrogen (secondary N) is 1. The van der Waals surface area contributed by atoms with Gasteiger partial charge < -0.3 is 5.32 Å². The third-order valence-corrected chi connectivity index (χ3v) is 2.83. The number of hydrogen-bond acceptors (Lipinski definition) is 1. The zero-order valence-corrected chi connectivity index (χ0v) is 10.4. The Morgan fingerprint density at radius 2 is 1.88 bits per heavy atom. The highest BCUT2D eigenvalue weighted by molar-refractivity contribution is 5.78. The third-order valence-electron chi connectivity index (χ3n) is 2.83. The summed E-state index contributed by atoms with van der Waals surface area (Å²) in [5.41, 5.74) is 1.26. The van der Waals surface area contributed by atoms with Crippen LogP contribution >= 0.6 is 0 Å². The zero-order valence-electron chi connectivity index (χ0n) is 10.4. The van der Waals surface area contributed by atoms with Gasteiger partial charge in [0.05, 0.1) is 0 Å². The molecule has 1 N–H and O–H groups in total. The maximum atomic E-state index is 11.7. The van der Waals surface area contributed by atoms with E-state index < -0.39 is 0 Å². The van der Waals surface area contributed by atoms with Gasteiger partial charge in [-0.05, 0) is 25.3 Å². The Kier molecular flexibility index (Phi) is 5.03. The second-order valence-electron chi connectivity index (χ2n) is 4.41. The predicted octanol–water partition coefficient (Wildman–Crippen LogP) is 2.78.